The molecule has 2 N–H and O–H groups in total. The van der Waals surface area contributed by atoms with Crippen LogP contribution in [0.3, 0.4) is 0 Å². The molecule has 0 bridgehead atoms. The Morgan fingerprint density at radius 2 is 1.62 bits per heavy atom. The van der Waals surface area contributed by atoms with Crippen LogP contribution < -0.4 is 0 Å². The summed E-state index contributed by atoms with van der Waals surface area (Å²) >= 11 is 0. The Balaban J connectivity index is 1.52. The molecule has 1 unspecified atom stereocenters. The van der Waals surface area contributed by atoms with E-state index < -0.39 is 12.2 Å². The second-order valence-corrected chi connectivity index (χ2v) is 12.3. The van der Waals surface area contributed by atoms with E-state index in [1.54, 1.807) is 5.57 Å². The van der Waals surface area contributed by atoms with Crippen molar-refractivity contribution >= 4 is 0 Å². The van der Waals surface area contributed by atoms with E-state index >= 15 is 0 Å². The fourth-order valence-electron chi connectivity index (χ4n) is 8.59. The fraction of sp³-hybridized carbons (Fsp3) is 0.926. The van der Waals surface area contributed by atoms with Crippen LogP contribution in [0.25, 0.3) is 0 Å². The molecule has 3 fully saturated rings. The van der Waals surface area contributed by atoms with Gasteiger partial charge in [0.1, 0.15) is 0 Å². The van der Waals surface area contributed by atoms with Crippen LogP contribution in [0.1, 0.15) is 98.8 Å². The van der Waals surface area contributed by atoms with Crippen LogP contribution in [0.2, 0.25) is 0 Å². The maximum Gasteiger partial charge on any atom is 0.0835 e. The van der Waals surface area contributed by atoms with Crippen molar-refractivity contribution in [2.24, 2.45) is 46.3 Å². The number of rotatable bonds is 5. The van der Waals surface area contributed by atoms with Gasteiger partial charge < -0.3 is 10.2 Å². The lowest BCUT2D eigenvalue weighted by atomic mass is 9.47. The lowest BCUT2D eigenvalue weighted by Crippen LogP contribution is -2.55. The summed E-state index contributed by atoms with van der Waals surface area (Å²) in [4.78, 5) is 0. The summed E-state index contributed by atoms with van der Waals surface area (Å²) < 4.78 is 0. The molecule has 0 spiro atoms. The van der Waals surface area contributed by atoms with Crippen LogP contribution in [-0.2, 0) is 0 Å². The summed E-state index contributed by atoms with van der Waals surface area (Å²) in [5, 5.41) is 21.0. The molecule has 0 amide bonds. The smallest absolute Gasteiger partial charge is 0.0835 e. The summed E-state index contributed by atoms with van der Waals surface area (Å²) in [6, 6.07) is 0. The van der Waals surface area contributed by atoms with Gasteiger partial charge in [-0.1, -0.05) is 65.5 Å². The van der Waals surface area contributed by atoms with Gasteiger partial charge in [-0.15, -0.1) is 0 Å². The maximum absolute atomic E-state index is 10.7. The first-order valence-electron chi connectivity index (χ1n) is 12.7. The topological polar surface area (TPSA) is 40.5 Å². The molecule has 2 heteroatoms. The van der Waals surface area contributed by atoms with E-state index in [1.165, 1.54) is 44.9 Å². The predicted molar refractivity (Wildman–Crippen MR) is 120 cm³/mol. The molecule has 3 saturated carbocycles. The predicted octanol–water partition coefficient (Wildman–Crippen LogP) is 6.36. The first-order valence-corrected chi connectivity index (χ1v) is 12.7. The fourth-order valence-corrected chi connectivity index (χ4v) is 8.59. The standard InChI is InChI=1S/C27H46O2/c1-17(2)7-6-8-18(3)20-11-12-21-19-9-10-23-25(29)24(28)14-16-27(23,5)22(19)13-15-26(20,21)4/h9,17-18,20-25,28-29H,6-8,10-16H2,1-5H3/t18-,20-,21+,22+,23?,24+,25-,26-,27-/m1/s1. The van der Waals surface area contributed by atoms with Crippen LogP contribution >= 0.6 is 0 Å². The monoisotopic (exact) mass is 402 g/mol. The lowest BCUT2D eigenvalue weighted by Gasteiger charge is -2.58. The van der Waals surface area contributed by atoms with Crippen molar-refractivity contribution in [2.75, 3.05) is 0 Å². The first-order chi connectivity index (χ1) is 13.7. The zero-order valence-electron chi connectivity index (χ0n) is 19.7. The summed E-state index contributed by atoms with van der Waals surface area (Å²) in [6.45, 7) is 12.3. The Hall–Kier alpha value is -0.340. The van der Waals surface area contributed by atoms with Gasteiger partial charge in [0.05, 0.1) is 12.2 Å². The molecule has 166 valence electrons. The minimum atomic E-state index is -0.530. The highest BCUT2D eigenvalue weighted by Gasteiger charge is 2.59. The highest BCUT2D eigenvalue weighted by Crippen LogP contribution is 2.66. The number of hydrogen-bond donors (Lipinski definition) is 2. The zero-order valence-corrected chi connectivity index (χ0v) is 19.7. The Morgan fingerprint density at radius 1 is 0.931 bits per heavy atom. The Morgan fingerprint density at radius 3 is 2.34 bits per heavy atom. The van der Waals surface area contributed by atoms with E-state index in [9.17, 15) is 10.2 Å². The SMILES string of the molecule is CC(C)CCC[C@@H](C)[C@H]1CC[C@H]2C3=CCC4[C@@H](O)[C@@H](O)CC[C@]4(C)[C@H]3CC[C@]12C. The Labute approximate surface area is 179 Å². The molecule has 9 atom stereocenters. The number of hydrogen-bond acceptors (Lipinski definition) is 2. The Bertz CT molecular complexity index is 624. The van der Waals surface area contributed by atoms with Crippen molar-refractivity contribution in [1.29, 1.82) is 0 Å². The van der Waals surface area contributed by atoms with Crippen LogP contribution in [0, 0.1) is 46.3 Å². The van der Waals surface area contributed by atoms with Gasteiger partial charge in [0, 0.05) is 0 Å². The first kappa shape index (κ1) is 21.9. The van der Waals surface area contributed by atoms with Gasteiger partial charge in [0.25, 0.3) is 0 Å². The van der Waals surface area contributed by atoms with Gasteiger partial charge in [-0.05, 0) is 91.3 Å². The largest absolute Gasteiger partial charge is 0.390 e. The van der Waals surface area contributed by atoms with Crippen molar-refractivity contribution in [3.05, 3.63) is 11.6 Å². The zero-order chi connectivity index (χ0) is 21.0. The normalized spacial score (nSPS) is 47.9. The molecule has 29 heavy (non-hydrogen) atoms. The minimum Gasteiger partial charge on any atom is -0.390 e. The maximum atomic E-state index is 10.7. The molecule has 0 aromatic carbocycles. The van der Waals surface area contributed by atoms with Crippen LogP contribution in [0.15, 0.2) is 11.6 Å². The molecule has 0 aromatic rings. The van der Waals surface area contributed by atoms with Gasteiger partial charge in [-0.2, -0.15) is 0 Å². The number of allylic oxidation sites excluding steroid dienone is 2. The van der Waals surface area contributed by atoms with Crippen molar-refractivity contribution in [3.63, 3.8) is 0 Å². The van der Waals surface area contributed by atoms with E-state index in [0.717, 1.165) is 42.9 Å². The second kappa shape index (κ2) is 7.97. The van der Waals surface area contributed by atoms with Crippen LogP contribution in [0.5, 0.6) is 0 Å². The molecule has 4 aliphatic rings. The molecule has 0 radical (unpaired) electrons. The average Bonchev–Trinajstić information content (AvgIpc) is 3.02. The number of fused-ring (bicyclic) bond motifs is 5. The Kier molecular flexibility index (Phi) is 6.01. The van der Waals surface area contributed by atoms with E-state index in [0.29, 0.717) is 11.3 Å². The molecular weight excluding hydrogens is 356 g/mol. The van der Waals surface area contributed by atoms with E-state index in [1.807, 2.05) is 0 Å². The van der Waals surface area contributed by atoms with Gasteiger partial charge in [0.15, 0.2) is 0 Å². The summed E-state index contributed by atoms with van der Waals surface area (Å²) in [5.41, 5.74) is 2.43. The highest BCUT2D eigenvalue weighted by atomic mass is 16.3. The third kappa shape index (κ3) is 3.55. The average molecular weight is 403 g/mol. The molecule has 0 aromatic heterocycles. The number of aliphatic hydroxyl groups is 2. The third-order valence-corrected chi connectivity index (χ3v) is 10.3. The van der Waals surface area contributed by atoms with E-state index in [4.69, 9.17) is 0 Å². The minimum absolute atomic E-state index is 0.186. The highest BCUT2D eigenvalue weighted by molar-refractivity contribution is 5.28. The molecule has 2 nitrogen and oxygen atoms in total. The molecular formula is C27H46O2. The van der Waals surface area contributed by atoms with Crippen LogP contribution in [-0.4, -0.2) is 22.4 Å². The summed E-state index contributed by atoms with van der Waals surface area (Å²) in [6.07, 6.45) is 13.9. The van der Waals surface area contributed by atoms with Gasteiger partial charge in [-0.3, -0.25) is 0 Å². The third-order valence-electron chi connectivity index (χ3n) is 10.3. The van der Waals surface area contributed by atoms with Gasteiger partial charge >= 0.3 is 0 Å². The van der Waals surface area contributed by atoms with E-state index in [-0.39, 0.29) is 11.3 Å². The molecule has 0 saturated heterocycles. The summed E-state index contributed by atoms with van der Waals surface area (Å²) in [5.74, 6) is 4.20. The second-order valence-electron chi connectivity index (χ2n) is 12.3. The van der Waals surface area contributed by atoms with Gasteiger partial charge in [-0.25, -0.2) is 0 Å². The lowest BCUT2D eigenvalue weighted by molar-refractivity contribution is -0.124. The number of aliphatic hydroxyl groups excluding tert-OH is 2. The van der Waals surface area contributed by atoms with Crippen molar-refractivity contribution < 1.29 is 10.2 Å². The van der Waals surface area contributed by atoms with Crippen molar-refractivity contribution in [2.45, 2.75) is 111 Å². The van der Waals surface area contributed by atoms with E-state index in [2.05, 4.69) is 40.7 Å². The van der Waals surface area contributed by atoms with Crippen molar-refractivity contribution in [3.8, 4) is 0 Å². The van der Waals surface area contributed by atoms with Crippen LogP contribution in [0.4, 0.5) is 0 Å². The molecule has 4 aliphatic carbocycles. The molecule has 4 rings (SSSR count). The summed E-state index contributed by atoms with van der Waals surface area (Å²) in [7, 11) is 0. The molecule has 0 heterocycles. The quantitative estimate of drug-likeness (QED) is 0.525. The van der Waals surface area contributed by atoms with Crippen molar-refractivity contribution in [1.82, 2.24) is 0 Å². The van der Waals surface area contributed by atoms with Gasteiger partial charge in [0.2, 0.25) is 0 Å². The molecule has 0 aliphatic heterocycles.